The van der Waals surface area contributed by atoms with Crippen LogP contribution in [0.3, 0.4) is 0 Å². The SMILES string of the molecule is Cc1[n-]n(-c2ccc(S(=O)(=O)[O-])cc2)c(=O)c1N=Nc1cc([N+](=O)[O-])ccc1[O-].Cc1[n-]n(-c2ccc(S(=O)(=O)[O-])cc2)c(=O)c1N=Nc1cc([N+](=O)[O-])ccc1[O-].[Fe+3]. The van der Waals surface area contributed by atoms with Gasteiger partial charge in [-0.05, 0) is 48.5 Å². The maximum absolute atomic E-state index is 12.5. The molecular weight excluding hydrogens is 868 g/mol. The summed E-state index contributed by atoms with van der Waals surface area (Å²) < 4.78 is 67.7. The maximum Gasteiger partial charge on any atom is 3.00 e. The average molecular weight is 889 g/mol. The van der Waals surface area contributed by atoms with Crippen molar-refractivity contribution in [2.45, 2.75) is 23.6 Å². The molecule has 0 saturated heterocycles. The zero-order valence-corrected chi connectivity index (χ0v) is 32.2. The molecule has 0 aliphatic carbocycles. The molecule has 305 valence electrons. The second-order valence-corrected chi connectivity index (χ2v) is 14.2. The molecule has 6 rings (SSSR count). The largest absolute Gasteiger partial charge is 3.00 e. The minimum absolute atomic E-state index is 0. The number of azo groups is 2. The molecule has 0 amide bonds. The van der Waals surface area contributed by atoms with Crippen molar-refractivity contribution in [1.29, 1.82) is 0 Å². The molecule has 0 spiro atoms. The fourth-order valence-corrected chi connectivity index (χ4v) is 5.63. The average Bonchev–Trinajstić information content (AvgIpc) is 3.61. The molecule has 0 atom stereocenters. The number of nitrogens with zero attached hydrogens (tertiary/aromatic N) is 10. The van der Waals surface area contributed by atoms with E-state index in [-0.39, 0.29) is 74.0 Å². The Morgan fingerprint density at radius 2 is 0.881 bits per heavy atom. The summed E-state index contributed by atoms with van der Waals surface area (Å²) in [6.45, 7) is 2.91. The van der Waals surface area contributed by atoms with Crippen LogP contribution in [-0.2, 0) is 37.3 Å². The molecule has 0 unspecified atom stereocenters. The van der Waals surface area contributed by atoms with Gasteiger partial charge >= 0.3 is 17.1 Å². The van der Waals surface area contributed by atoms with E-state index in [0.717, 1.165) is 70.0 Å². The molecule has 0 bridgehead atoms. The second kappa shape index (κ2) is 17.5. The van der Waals surface area contributed by atoms with Crippen molar-refractivity contribution < 1.29 is 63.1 Å². The van der Waals surface area contributed by atoms with E-state index in [0.29, 0.717) is 0 Å². The molecule has 0 fully saturated rings. The summed E-state index contributed by atoms with van der Waals surface area (Å²) >= 11 is 0. The summed E-state index contributed by atoms with van der Waals surface area (Å²) in [5.74, 6) is -1.24. The van der Waals surface area contributed by atoms with Crippen LogP contribution in [0.15, 0.2) is 125 Å². The smallest absolute Gasteiger partial charge is 0.871 e. The maximum atomic E-state index is 12.5. The van der Waals surface area contributed by atoms with Crippen LogP contribution in [0.2, 0.25) is 0 Å². The minimum atomic E-state index is -4.64. The summed E-state index contributed by atoms with van der Waals surface area (Å²) in [5, 5.41) is 67.8. The quantitative estimate of drug-likeness (QED) is 0.0627. The van der Waals surface area contributed by atoms with Gasteiger partial charge in [0.15, 0.2) is 0 Å². The summed E-state index contributed by atoms with van der Waals surface area (Å²) in [7, 11) is -9.27. The number of non-ortho nitro benzene ring substituents is 2. The molecule has 0 N–H and O–H groups in total. The standard InChI is InChI=1S/2C16H13N5O7S.Fe/c2*1-9-15(18-17-13-8-11(21(24)25)4-7-14(13)22)16(23)20(19-9)10-2-5-12(6-3-10)29(26,27)28;/h2*2-8H,1H3,(H3,17,18,19,22,23,26,27,28);/q;;+3/p-6. The molecule has 0 aliphatic rings. The normalized spacial score (nSPS) is 11.6. The van der Waals surface area contributed by atoms with E-state index in [2.05, 4.69) is 30.7 Å². The fourth-order valence-electron chi connectivity index (χ4n) is 4.69. The number of aryl methyl sites for hydroxylation is 2. The Labute approximate surface area is 340 Å². The van der Waals surface area contributed by atoms with Crippen molar-refractivity contribution in [3.63, 3.8) is 0 Å². The monoisotopic (exact) mass is 888 g/mol. The third-order valence-corrected chi connectivity index (χ3v) is 9.24. The van der Waals surface area contributed by atoms with E-state index in [1.54, 1.807) is 0 Å². The molecule has 27 heteroatoms. The Kier molecular flexibility index (Phi) is 13.2. The Balaban J connectivity index is 0.000000256. The third kappa shape index (κ3) is 10.2. The second-order valence-electron chi connectivity index (χ2n) is 11.4. The van der Waals surface area contributed by atoms with Crippen LogP contribution in [0.1, 0.15) is 11.4 Å². The van der Waals surface area contributed by atoms with Crippen LogP contribution < -0.4 is 31.5 Å². The molecule has 59 heavy (non-hydrogen) atoms. The number of nitro groups is 2. The zero-order valence-electron chi connectivity index (χ0n) is 29.4. The van der Waals surface area contributed by atoms with Crippen LogP contribution in [-0.4, -0.2) is 45.2 Å². The third-order valence-electron chi connectivity index (χ3n) is 7.54. The first-order valence-electron chi connectivity index (χ1n) is 15.6. The van der Waals surface area contributed by atoms with Gasteiger partial charge in [0.2, 0.25) is 0 Å². The molecular formula is C32H20FeN10O14S2-3. The Hall–Kier alpha value is -7.16. The first kappa shape index (κ1) is 44.6. The number of rotatable bonds is 10. The summed E-state index contributed by atoms with van der Waals surface area (Å²) in [4.78, 5) is 44.3. The molecule has 2 heterocycles. The van der Waals surface area contributed by atoms with Crippen LogP contribution in [0, 0.1) is 34.1 Å². The van der Waals surface area contributed by atoms with Crippen LogP contribution in [0.25, 0.3) is 11.4 Å². The Morgan fingerprint density at radius 3 is 1.17 bits per heavy atom. The molecule has 24 nitrogen and oxygen atoms in total. The van der Waals surface area contributed by atoms with Gasteiger partial charge < -0.3 is 38.9 Å². The van der Waals surface area contributed by atoms with Crippen LogP contribution in [0.4, 0.5) is 34.1 Å². The number of hydrogen-bond donors (Lipinski definition) is 0. The first-order valence-corrected chi connectivity index (χ1v) is 18.4. The van der Waals surface area contributed by atoms with Crippen LogP contribution >= 0.6 is 0 Å². The topological polar surface area (TPSA) is 368 Å². The van der Waals surface area contributed by atoms with Crippen molar-refractivity contribution in [3.8, 4) is 22.9 Å². The summed E-state index contributed by atoms with van der Waals surface area (Å²) in [5.41, 5.74) is -2.58. The molecule has 4 aromatic carbocycles. The first-order chi connectivity index (χ1) is 27.1. The minimum Gasteiger partial charge on any atom is -0.871 e. The molecule has 0 saturated carbocycles. The van der Waals surface area contributed by atoms with E-state index >= 15 is 0 Å². The van der Waals surface area contributed by atoms with Gasteiger partial charge in [0.05, 0.1) is 31.0 Å². The zero-order chi connectivity index (χ0) is 42.7. The number of aromatic nitrogens is 4. The van der Waals surface area contributed by atoms with Gasteiger partial charge in [0, 0.05) is 35.6 Å². The number of nitro benzene ring substituents is 2. The van der Waals surface area contributed by atoms with Crippen LogP contribution in [0.5, 0.6) is 11.5 Å². The van der Waals surface area contributed by atoms with Gasteiger partial charge in [-0.3, -0.25) is 29.8 Å². The number of benzene rings is 4. The fraction of sp³-hybridized carbons (Fsp3) is 0.0625. The molecule has 2 aromatic heterocycles. The van der Waals surface area contributed by atoms with E-state index < -0.39 is 62.5 Å². The van der Waals surface area contributed by atoms with Crippen molar-refractivity contribution in [1.82, 2.24) is 19.6 Å². The van der Waals surface area contributed by atoms with Gasteiger partial charge in [-0.1, -0.05) is 37.5 Å². The predicted octanol–water partition coefficient (Wildman–Crippen LogP) is 2.81. The Bertz CT molecular complexity index is 2790. The van der Waals surface area contributed by atoms with Gasteiger partial charge in [0.25, 0.3) is 22.5 Å². The van der Waals surface area contributed by atoms with Crippen molar-refractivity contribution >= 4 is 54.4 Å². The van der Waals surface area contributed by atoms with E-state index in [1.807, 2.05) is 0 Å². The van der Waals surface area contributed by atoms with Gasteiger partial charge in [0.1, 0.15) is 31.6 Å². The van der Waals surface area contributed by atoms with Gasteiger partial charge in [-0.15, -0.1) is 21.6 Å². The van der Waals surface area contributed by atoms with Crippen molar-refractivity contribution in [2.75, 3.05) is 0 Å². The van der Waals surface area contributed by atoms with E-state index in [4.69, 9.17) is 0 Å². The Morgan fingerprint density at radius 1 is 0.559 bits per heavy atom. The molecule has 1 radical (unpaired) electrons. The van der Waals surface area contributed by atoms with E-state index in [1.165, 1.54) is 38.1 Å². The van der Waals surface area contributed by atoms with Gasteiger partial charge in [-0.2, -0.15) is 10.2 Å². The molecule has 0 aliphatic heterocycles. The van der Waals surface area contributed by atoms with Crippen molar-refractivity contribution in [2.24, 2.45) is 20.5 Å². The summed E-state index contributed by atoms with van der Waals surface area (Å²) in [6, 6.07) is 14.8. The number of hydrogen-bond acceptors (Lipinski definition) is 18. The van der Waals surface area contributed by atoms with E-state index in [9.17, 15) is 66.0 Å². The van der Waals surface area contributed by atoms with Gasteiger partial charge in [-0.25, -0.2) is 16.8 Å². The molecule has 6 aromatic rings. The van der Waals surface area contributed by atoms with Crippen molar-refractivity contribution in [3.05, 3.63) is 137 Å². The predicted molar refractivity (Wildman–Crippen MR) is 190 cm³/mol. The summed E-state index contributed by atoms with van der Waals surface area (Å²) in [6.07, 6.45) is 0.